The van der Waals surface area contributed by atoms with Crippen molar-refractivity contribution in [1.29, 1.82) is 0 Å². The molecule has 0 radical (unpaired) electrons. The first-order chi connectivity index (χ1) is 9.85. The van der Waals surface area contributed by atoms with Crippen LogP contribution in [0, 0.1) is 6.92 Å². The van der Waals surface area contributed by atoms with Gasteiger partial charge in [0.1, 0.15) is 6.61 Å². The molecule has 6 heteroatoms. The summed E-state index contributed by atoms with van der Waals surface area (Å²) in [5.74, 6) is -4.10. The van der Waals surface area contributed by atoms with Gasteiger partial charge in [-0.05, 0) is 25.5 Å². The molecule has 0 aliphatic rings. The molecule has 0 aliphatic carbocycles. The first-order valence-corrected chi connectivity index (χ1v) is 6.87. The lowest BCUT2D eigenvalue weighted by Crippen LogP contribution is -2.38. The Morgan fingerprint density at radius 3 is 2.57 bits per heavy atom. The van der Waals surface area contributed by atoms with Gasteiger partial charge in [0, 0.05) is 6.04 Å². The van der Waals surface area contributed by atoms with E-state index in [2.05, 4.69) is 5.32 Å². The van der Waals surface area contributed by atoms with E-state index in [0.29, 0.717) is 13.0 Å². The maximum atomic E-state index is 12.8. The van der Waals surface area contributed by atoms with Gasteiger partial charge >= 0.3 is 12.3 Å². The number of ether oxygens (including phenoxy) is 1. The Morgan fingerprint density at radius 2 is 2.00 bits per heavy atom. The summed E-state index contributed by atoms with van der Waals surface area (Å²) in [6.07, 6.45) is -3.11. The molecule has 120 valence electrons. The molecule has 0 amide bonds. The van der Waals surface area contributed by atoms with E-state index in [-0.39, 0.29) is 12.6 Å². The smallest absolute Gasteiger partial charge is 0.330 e. The zero-order valence-corrected chi connectivity index (χ0v) is 12.2. The van der Waals surface area contributed by atoms with Crippen molar-refractivity contribution >= 4 is 0 Å². The summed E-state index contributed by atoms with van der Waals surface area (Å²) >= 11 is 0. The maximum Gasteiger partial charge on any atom is 0.330 e. The zero-order valence-electron chi connectivity index (χ0n) is 12.2. The van der Waals surface area contributed by atoms with Crippen LogP contribution in [0.3, 0.4) is 0 Å². The third kappa shape index (κ3) is 6.44. The molecular formula is C15H21F4NO. The highest BCUT2D eigenvalue weighted by atomic mass is 19.3. The van der Waals surface area contributed by atoms with Crippen LogP contribution in [0.5, 0.6) is 0 Å². The molecule has 2 nitrogen and oxygen atoms in total. The molecule has 1 aromatic carbocycles. The molecule has 0 aliphatic heterocycles. The first-order valence-electron chi connectivity index (χ1n) is 6.87. The van der Waals surface area contributed by atoms with Crippen LogP contribution in [0.1, 0.15) is 18.1 Å². The number of nitrogens with one attached hydrogen (secondary N) is 1. The number of aryl methyl sites for hydroxylation is 1. The molecule has 1 N–H and O–H groups in total. The highest BCUT2D eigenvalue weighted by Crippen LogP contribution is 2.22. The lowest BCUT2D eigenvalue weighted by molar-refractivity contribution is -0.167. The van der Waals surface area contributed by atoms with Gasteiger partial charge in [0.05, 0.1) is 6.61 Å². The van der Waals surface area contributed by atoms with E-state index in [9.17, 15) is 17.6 Å². The van der Waals surface area contributed by atoms with E-state index < -0.39 is 19.0 Å². The fourth-order valence-electron chi connectivity index (χ4n) is 2.00. The Labute approximate surface area is 122 Å². The molecule has 0 bridgehead atoms. The van der Waals surface area contributed by atoms with Crippen LogP contribution in [0.4, 0.5) is 17.6 Å². The molecular weight excluding hydrogens is 286 g/mol. The predicted octanol–water partition coefficient (Wildman–Crippen LogP) is 3.43. The zero-order chi connectivity index (χ0) is 15.9. The van der Waals surface area contributed by atoms with E-state index in [1.54, 1.807) is 0 Å². The highest BCUT2D eigenvalue weighted by Gasteiger charge is 2.41. The Morgan fingerprint density at radius 1 is 1.29 bits per heavy atom. The third-order valence-corrected chi connectivity index (χ3v) is 2.99. The van der Waals surface area contributed by atoms with Gasteiger partial charge in [0.2, 0.25) is 0 Å². The summed E-state index contributed by atoms with van der Waals surface area (Å²) in [5, 5.41) is 3.11. The largest absolute Gasteiger partial charge is 0.373 e. The van der Waals surface area contributed by atoms with Crippen LogP contribution in [0.25, 0.3) is 0 Å². The van der Waals surface area contributed by atoms with Crippen molar-refractivity contribution in [2.45, 2.75) is 38.7 Å². The molecule has 1 atom stereocenters. The molecule has 0 saturated heterocycles. The lowest BCUT2D eigenvalue weighted by atomic mass is 10.0. The predicted molar refractivity (Wildman–Crippen MR) is 74.1 cm³/mol. The van der Waals surface area contributed by atoms with E-state index >= 15 is 0 Å². The molecule has 0 heterocycles. The number of benzene rings is 1. The third-order valence-electron chi connectivity index (χ3n) is 2.99. The van der Waals surface area contributed by atoms with Crippen molar-refractivity contribution < 1.29 is 22.3 Å². The fourth-order valence-corrected chi connectivity index (χ4v) is 2.00. The molecule has 0 saturated carbocycles. The van der Waals surface area contributed by atoms with Gasteiger partial charge in [-0.2, -0.15) is 8.78 Å². The second kappa shape index (κ2) is 8.34. The minimum absolute atomic E-state index is 0.0376. The van der Waals surface area contributed by atoms with Crippen molar-refractivity contribution in [2.24, 2.45) is 0 Å². The number of likely N-dealkylation sites (N-methyl/N-ethyl adjacent to an activating group) is 1. The van der Waals surface area contributed by atoms with Crippen molar-refractivity contribution in [2.75, 3.05) is 19.8 Å². The summed E-state index contributed by atoms with van der Waals surface area (Å²) in [6, 6.07) is 7.62. The standard InChI is InChI=1S/C15H21F4NO/c1-3-20-13(8-12-6-4-5-11(2)7-12)9-21-10-15(18,19)14(16)17/h4-7,13-14,20H,3,8-10H2,1-2H3. The van der Waals surface area contributed by atoms with Crippen LogP contribution in [0.2, 0.25) is 0 Å². The number of alkyl halides is 4. The number of hydrogen-bond donors (Lipinski definition) is 1. The highest BCUT2D eigenvalue weighted by molar-refractivity contribution is 5.23. The van der Waals surface area contributed by atoms with E-state index in [0.717, 1.165) is 11.1 Å². The Hall–Kier alpha value is -1.14. The fraction of sp³-hybridized carbons (Fsp3) is 0.600. The lowest BCUT2D eigenvalue weighted by Gasteiger charge is -2.21. The first kappa shape index (κ1) is 17.9. The van der Waals surface area contributed by atoms with Crippen molar-refractivity contribution in [3.8, 4) is 0 Å². The molecule has 0 aromatic heterocycles. The summed E-state index contributed by atoms with van der Waals surface area (Å²) in [5.41, 5.74) is 2.15. The van der Waals surface area contributed by atoms with Crippen molar-refractivity contribution in [3.63, 3.8) is 0 Å². The van der Waals surface area contributed by atoms with Crippen LogP contribution in [-0.4, -0.2) is 38.1 Å². The molecule has 1 rings (SSSR count). The number of hydrogen-bond acceptors (Lipinski definition) is 2. The van der Waals surface area contributed by atoms with Gasteiger partial charge in [0.25, 0.3) is 0 Å². The molecule has 0 spiro atoms. The van der Waals surface area contributed by atoms with Crippen molar-refractivity contribution in [1.82, 2.24) is 5.32 Å². The average molecular weight is 307 g/mol. The van der Waals surface area contributed by atoms with Crippen LogP contribution >= 0.6 is 0 Å². The van der Waals surface area contributed by atoms with Crippen LogP contribution in [0.15, 0.2) is 24.3 Å². The Balaban J connectivity index is 2.50. The number of halogens is 4. The monoisotopic (exact) mass is 307 g/mol. The van der Waals surface area contributed by atoms with Gasteiger partial charge in [-0.3, -0.25) is 0 Å². The normalized spacial score (nSPS) is 13.7. The Bertz CT molecular complexity index is 426. The summed E-state index contributed by atoms with van der Waals surface area (Å²) in [7, 11) is 0. The minimum atomic E-state index is -4.10. The van der Waals surface area contributed by atoms with E-state index in [1.165, 1.54) is 0 Å². The van der Waals surface area contributed by atoms with E-state index in [4.69, 9.17) is 4.74 Å². The average Bonchev–Trinajstić information content (AvgIpc) is 2.38. The summed E-state index contributed by atoms with van der Waals surface area (Å²) < 4.78 is 54.4. The molecule has 21 heavy (non-hydrogen) atoms. The van der Waals surface area contributed by atoms with Gasteiger partial charge < -0.3 is 10.1 Å². The van der Waals surface area contributed by atoms with Gasteiger partial charge in [-0.25, -0.2) is 8.78 Å². The van der Waals surface area contributed by atoms with E-state index in [1.807, 2.05) is 38.1 Å². The SMILES string of the molecule is CCNC(COCC(F)(F)C(F)F)Cc1cccc(C)c1. The van der Waals surface area contributed by atoms with Gasteiger partial charge in [0.15, 0.2) is 0 Å². The van der Waals surface area contributed by atoms with Gasteiger partial charge in [-0.1, -0.05) is 36.8 Å². The maximum absolute atomic E-state index is 12.8. The minimum Gasteiger partial charge on any atom is -0.373 e. The summed E-state index contributed by atoms with van der Waals surface area (Å²) in [4.78, 5) is 0. The van der Waals surface area contributed by atoms with Crippen LogP contribution < -0.4 is 5.32 Å². The van der Waals surface area contributed by atoms with Crippen molar-refractivity contribution in [3.05, 3.63) is 35.4 Å². The van der Waals surface area contributed by atoms with Gasteiger partial charge in [-0.15, -0.1) is 0 Å². The molecule has 1 unspecified atom stereocenters. The number of rotatable bonds is 9. The second-order valence-corrected chi connectivity index (χ2v) is 5.02. The summed E-state index contributed by atoms with van der Waals surface area (Å²) in [6.45, 7) is 3.19. The topological polar surface area (TPSA) is 21.3 Å². The second-order valence-electron chi connectivity index (χ2n) is 5.02. The molecule has 1 aromatic rings. The molecule has 0 fully saturated rings. The Kier molecular flexibility index (Phi) is 7.11. The quantitative estimate of drug-likeness (QED) is 0.706. The van der Waals surface area contributed by atoms with Crippen LogP contribution in [-0.2, 0) is 11.2 Å².